The number of ether oxygens (including phenoxy) is 2. The van der Waals surface area contributed by atoms with Crippen LogP contribution < -0.4 is 9.64 Å². The molecule has 2 aromatic rings. The fraction of sp³-hybridized carbons (Fsp3) is 0.583. The molecule has 176 valence electrons. The van der Waals surface area contributed by atoms with E-state index in [0.29, 0.717) is 55.1 Å². The number of hydrogen-bond donors (Lipinski definition) is 0. The van der Waals surface area contributed by atoms with Crippen LogP contribution in [-0.2, 0) is 4.74 Å². The monoisotopic (exact) mass is 460 g/mol. The van der Waals surface area contributed by atoms with Gasteiger partial charge >= 0.3 is 6.01 Å². The Labute approximate surface area is 190 Å². The number of fused-ring (bicyclic) bond motifs is 3. The van der Waals surface area contributed by atoms with Gasteiger partial charge in [-0.2, -0.15) is 9.97 Å². The largest absolute Gasteiger partial charge is 0.461 e. The molecule has 4 aliphatic rings. The Morgan fingerprint density at radius 1 is 1.21 bits per heavy atom. The molecule has 3 saturated heterocycles. The van der Waals surface area contributed by atoms with Gasteiger partial charge in [-0.25, -0.2) is 13.2 Å². The highest BCUT2D eigenvalue weighted by atomic mass is 19.1. The molecule has 0 bridgehead atoms. The smallest absolute Gasteiger partial charge is 0.319 e. The van der Waals surface area contributed by atoms with Crippen LogP contribution in [0.5, 0.6) is 6.01 Å². The Hall–Kier alpha value is -2.39. The summed E-state index contributed by atoms with van der Waals surface area (Å²) in [7, 11) is 0. The van der Waals surface area contributed by atoms with Crippen LogP contribution in [0.4, 0.5) is 19.0 Å². The summed E-state index contributed by atoms with van der Waals surface area (Å²) in [5.41, 5.74) is 0.697. The van der Waals surface area contributed by atoms with E-state index in [0.717, 1.165) is 31.9 Å². The van der Waals surface area contributed by atoms with Crippen LogP contribution in [0.25, 0.3) is 16.5 Å². The lowest BCUT2D eigenvalue weighted by molar-refractivity contribution is 0.107. The molecule has 0 spiro atoms. The third-order valence-electron chi connectivity index (χ3n) is 7.55. The van der Waals surface area contributed by atoms with E-state index in [9.17, 15) is 8.78 Å². The van der Waals surface area contributed by atoms with E-state index in [-0.39, 0.29) is 29.7 Å². The topological polar surface area (TPSA) is 50.7 Å². The number of rotatable bonds is 3. The molecule has 33 heavy (non-hydrogen) atoms. The van der Waals surface area contributed by atoms with Gasteiger partial charge in [-0.05, 0) is 38.3 Å². The van der Waals surface area contributed by atoms with Gasteiger partial charge in [-0.1, -0.05) is 6.08 Å². The minimum Gasteiger partial charge on any atom is -0.461 e. The molecule has 1 aromatic heterocycles. The first-order valence-corrected chi connectivity index (χ1v) is 11.7. The second kappa shape index (κ2) is 7.84. The zero-order chi connectivity index (χ0) is 22.7. The molecule has 9 heteroatoms. The molecular weight excluding hydrogens is 433 g/mol. The number of aromatic nitrogens is 2. The summed E-state index contributed by atoms with van der Waals surface area (Å²) in [6, 6.07) is 0.769. The Balaban J connectivity index is 1.45. The molecule has 1 aromatic carbocycles. The highest BCUT2D eigenvalue weighted by Gasteiger charge is 2.49. The van der Waals surface area contributed by atoms with Crippen molar-refractivity contribution in [3.8, 4) is 6.01 Å². The highest BCUT2D eigenvalue weighted by molar-refractivity contribution is 6.01. The van der Waals surface area contributed by atoms with Crippen LogP contribution in [0.15, 0.2) is 12.1 Å². The standard InChI is InChI=1S/C24H27F3N4O2/c1-14-8-16-12-32-7-3-6-31(16)22-20-19(14)17(26)9-18(27)21(20)28-23(29-22)33-13-24-4-2-5-30(24)11-15(25)10-24/h8-9,15-16H,2-7,10-13H2,1H3/t15-,16+,24+/m1/s1. The molecule has 0 saturated carbocycles. The summed E-state index contributed by atoms with van der Waals surface area (Å²) >= 11 is 0. The molecule has 6 rings (SSSR count). The van der Waals surface area contributed by atoms with E-state index < -0.39 is 17.8 Å². The van der Waals surface area contributed by atoms with E-state index in [2.05, 4.69) is 14.9 Å². The Morgan fingerprint density at radius 3 is 2.97 bits per heavy atom. The van der Waals surface area contributed by atoms with Gasteiger partial charge in [0.2, 0.25) is 0 Å². The minimum absolute atomic E-state index is 0.0422. The minimum atomic E-state index is -0.869. The maximum Gasteiger partial charge on any atom is 0.319 e. The molecule has 0 radical (unpaired) electrons. The maximum absolute atomic E-state index is 15.0. The van der Waals surface area contributed by atoms with Crippen LogP contribution >= 0.6 is 0 Å². The quantitative estimate of drug-likeness (QED) is 0.693. The van der Waals surface area contributed by atoms with Crippen molar-refractivity contribution >= 4 is 22.3 Å². The summed E-state index contributed by atoms with van der Waals surface area (Å²) in [6.45, 7) is 5.03. The van der Waals surface area contributed by atoms with Gasteiger partial charge in [0, 0.05) is 37.7 Å². The zero-order valence-corrected chi connectivity index (χ0v) is 18.6. The van der Waals surface area contributed by atoms with E-state index in [1.54, 1.807) is 0 Å². The van der Waals surface area contributed by atoms with Crippen molar-refractivity contribution in [2.45, 2.75) is 50.4 Å². The van der Waals surface area contributed by atoms with Crippen molar-refractivity contribution in [1.29, 1.82) is 0 Å². The molecule has 0 amide bonds. The molecule has 5 heterocycles. The van der Waals surface area contributed by atoms with E-state index in [1.807, 2.05) is 17.9 Å². The summed E-state index contributed by atoms with van der Waals surface area (Å²) < 4.78 is 55.9. The average Bonchev–Trinajstić information content (AvgIpc) is 3.14. The first-order valence-electron chi connectivity index (χ1n) is 11.7. The molecule has 6 nitrogen and oxygen atoms in total. The number of allylic oxidation sites excluding steroid dienone is 1. The van der Waals surface area contributed by atoms with Gasteiger partial charge in [0.05, 0.1) is 23.6 Å². The van der Waals surface area contributed by atoms with E-state index in [4.69, 9.17) is 9.47 Å². The summed E-state index contributed by atoms with van der Waals surface area (Å²) in [6.07, 6.45) is 4.13. The van der Waals surface area contributed by atoms with Gasteiger partial charge < -0.3 is 14.4 Å². The molecule has 3 fully saturated rings. The second-order valence-electron chi connectivity index (χ2n) is 9.67. The number of anilines is 1. The predicted molar refractivity (Wildman–Crippen MR) is 118 cm³/mol. The van der Waals surface area contributed by atoms with Gasteiger partial charge in [-0.3, -0.25) is 4.90 Å². The second-order valence-corrected chi connectivity index (χ2v) is 9.67. The average molecular weight is 461 g/mol. The first kappa shape index (κ1) is 21.2. The molecule has 0 N–H and O–H groups in total. The SMILES string of the molecule is CC1=C[C@H]2COCCCN2c2nc(OC[C@@]34CCCN3C[C@H](F)C4)nc3c(F)cc(F)c1c23. The summed E-state index contributed by atoms with van der Waals surface area (Å²) in [5, 5.41) is 0.364. The number of halogens is 3. The van der Waals surface area contributed by atoms with E-state index in [1.165, 1.54) is 0 Å². The number of alkyl halides is 1. The lowest BCUT2D eigenvalue weighted by Gasteiger charge is -2.31. The fourth-order valence-corrected chi connectivity index (χ4v) is 6.08. The Bertz CT molecular complexity index is 1140. The molecule has 0 aliphatic carbocycles. The van der Waals surface area contributed by atoms with Crippen molar-refractivity contribution in [3.05, 3.63) is 29.3 Å². The summed E-state index contributed by atoms with van der Waals surface area (Å²) in [4.78, 5) is 13.2. The van der Waals surface area contributed by atoms with Crippen LogP contribution in [0, 0.1) is 11.6 Å². The number of nitrogens with zero attached hydrogens (tertiary/aromatic N) is 4. The lowest BCUT2D eigenvalue weighted by atomic mass is 9.95. The molecule has 3 atom stereocenters. The van der Waals surface area contributed by atoms with Crippen molar-refractivity contribution in [3.63, 3.8) is 0 Å². The van der Waals surface area contributed by atoms with Gasteiger partial charge in [-0.15, -0.1) is 0 Å². The van der Waals surface area contributed by atoms with Gasteiger partial charge in [0.1, 0.15) is 29.9 Å². The van der Waals surface area contributed by atoms with Crippen molar-refractivity contribution in [2.24, 2.45) is 0 Å². The van der Waals surface area contributed by atoms with Gasteiger partial charge in [0.25, 0.3) is 0 Å². The maximum atomic E-state index is 15.0. The van der Waals surface area contributed by atoms with E-state index >= 15 is 4.39 Å². The number of hydrogen-bond acceptors (Lipinski definition) is 6. The third kappa shape index (κ3) is 3.39. The zero-order valence-electron chi connectivity index (χ0n) is 18.6. The van der Waals surface area contributed by atoms with Crippen LogP contribution in [0.2, 0.25) is 0 Å². The Morgan fingerprint density at radius 2 is 2.09 bits per heavy atom. The van der Waals surface area contributed by atoms with Crippen molar-refractivity contribution in [1.82, 2.24) is 14.9 Å². The van der Waals surface area contributed by atoms with Crippen LogP contribution in [0.1, 0.15) is 38.2 Å². The predicted octanol–water partition coefficient (Wildman–Crippen LogP) is 3.88. The summed E-state index contributed by atoms with van der Waals surface area (Å²) in [5.74, 6) is -0.920. The van der Waals surface area contributed by atoms with Gasteiger partial charge in [0.15, 0.2) is 5.82 Å². The molecule has 0 unspecified atom stereocenters. The van der Waals surface area contributed by atoms with Crippen LogP contribution in [-0.4, -0.2) is 72.1 Å². The first-order chi connectivity index (χ1) is 15.9. The number of benzene rings is 1. The molecular formula is C24H27F3N4O2. The van der Waals surface area contributed by atoms with Crippen molar-refractivity contribution < 1.29 is 22.6 Å². The highest BCUT2D eigenvalue weighted by Crippen LogP contribution is 2.42. The van der Waals surface area contributed by atoms with Crippen LogP contribution in [0.3, 0.4) is 0 Å². The Kier molecular flexibility index (Phi) is 5.03. The third-order valence-corrected chi connectivity index (χ3v) is 7.55. The molecule has 4 aliphatic heterocycles. The normalized spacial score (nSPS) is 29.5. The van der Waals surface area contributed by atoms with Crippen molar-refractivity contribution in [2.75, 3.05) is 44.4 Å². The fourth-order valence-electron chi connectivity index (χ4n) is 6.08. The lowest BCUT2D eigenvalue weighted by Crippen LogP contribution is -2.43.